The van der Waals surface area contributed by atoms with E-state index >= 15 is 0 Å². The van der Waals surface area contributed by atoms with Crippen LogP contribution in [0.15, 0.2) is 58.3 Å². The van der Waals surface area contributed by atoms with Gasteiger partial charge >= 0.3 is 0 Å². The zero-order valence-corrected chi connectivity index (χ0v) is 16.5. The number of halogens is 1. The molecule has 3 rings (SSSR count). The van der Waals surface area contributed by atoms with Crippen molar-refractivity contribution in [1.82, 2.24) is 4.90 Å². The van der Waals surface area contributed by atoms with Crippen molar-refractivity contribution < 1.29 is 0 Å². The second kappa shape index (κ2) is 8.24. The van der Waals surface area contributed by atoms with E-state index in [1.807, 2.05) is 11.8 Å². The summed E-state index contributed by atoms with van der Waals surface area (Å²) < 4.78 is 0. The van der Waals surface area contributed by atoms with Crippen molar-refractivity contribution in [3.8, 4) is 0 Å². The van der Waals surface area contributed by atoms with E-state index in [-0.39, 0.29) is 12.4 Å². The summed E-state index contributed by atoms with van der Waals surface area (Å²) in [6.45, 7) is 5.61. The Labute approximate surface area is 156 Å². The fourth-order valence-electron chi connectivity index (χ4n) is 2.93. The van der Waals surface area contributed by atoms with Crippen molar-refractivity contribution >= 4 is 29.7 Å². The van der Waals surface area contributed by atoms with Crippen LogP contribution in [0.5, 0.6) is 0 Å². The Hall–Kier alpha value is -1.22. The van der Waals surface area contributed by atoms with Gasteiger partial charge in [-0.1, -0.05) is 56.0 Å². The van der Waals surface area contributed by atoms with E-state index in [0.29, 0.717) is 5.92 Å². The zero-order valence-electron chi connectivity index (χ0n) is 14.9. The van der Waals surface area contributed by atoms with Gasteiger partial charge in [0.25, 0.3) is 0 Å². The number of nitrogens with zero attached hydrogens (tertiary/aromatic N) is 1. The molecule has 0 atom stereocenters. The average Bonchev–Trinajstić information content (AvgIpc) is 2.53. The Morgan fingerprint density at radius 3 is 2.42 bits per heavy atom. The summed E-state index contributed by atoms with van der Waals surface area (Å²) >= 11 is 1.90. The van der Waals surface area contributed by atoms with Crippen LogP contribution in [0.4, 0.5) is 0 Å². The van der Waals surface area contributed by atoms with Crippen molar-refractivity contribution in [3.05, 3.63) is 65.2 Å². The summed E-state index contributed by atoms with van der Waals surface area (Å²) in [5, 5.41) is 0. The van der Waals surface area contributed by atoms with E-state index in [2.05, 4.69) is 81.4 Å². The molecule has 2 aromatic carbocycles. The Bertz CT molecular complexity index is 734. The van der Waals surface area contributed by atoms with Gasteiger partial charge in [-0.3, -0.25) is 0 Å². The standard InChI is InChI=1S/C21H25NS.ClH/c1-15(2)16-11-12-21-19(14-16)17(9-7-13-22(3)4)18-8-5-6-10-20(18)23-21;/h5-6,8-12,14-15H,7,13H2,1-4H3;1H/b17-9+;. The second-order valence-electron chi connectivity index (χ2n) is 6.72. The molecule has 0 saturated heterocycles. The lowest BCUT2D eigenvalue weighted by molar-refractivity contribution is 0.417. The summed E-state index contributed by atoms with van der Waals surface area (Å²) in [6, 6.07) is 15.7. The van der Waals surface area contributed by atoms with Crippen molar-refractivity contribution in [2.45, 2.75) is 36.0 Å². The Balaban J connectivity index is 0.00000208. The highest BCUT2D eigenvalue weighted by Gasteiger charge is 2.21. The highest BCUT2D eigenvalue weighted by molar-refractivity contribution is 7.99. The molecule has 1 heterocycles. The highest BCUT2D eigenvalue weighted by atomic mass is 35.5. The molecule has 0 saturated carbocycles. The molecule has 24 heavy (non-hydrogen) atoms. The summed E-state index contributed by atoms with van der Waals surface area (Å²) in [5.41, 5.74) is 5.60. The molecule has 128 valence electrons. The van der Waals surface area contributed by atoms with Gasteiger partial charge in [0.15, 0.2) is 0 Å². The quantitative estimate of drug-likeness (QED) is 0.555. The lowest BCUT2D eigenvalue weighted by atomic mass is 9.92. The zero-order chi connectivity index (χ0) is 16.4. The molecular weight excluding hydrogens is 334 g/mol. The summed E-state index contributed by atoms with van der Waals surface area (Å²) in [7, 11) is 4.27. The second-order valence-corrected chi connectivity index (χ2v) is 7.80. The Kier molecular flexibility index (Phi) is 6.56. The van der Waals surface area contributed by atoms with E-state index in [0.717, 1.165) is 13.0 Å². The first-order valence-electron chi connectivity index (χ1n) is 8.32. The largest absolute Gasteiger partial charge is 0.309 e. The molecule has 0 aromatic heterocycles. The first-order valence-corrected chi connectivity index (χ1v) is 9.14. The van der Waals surface area contributed by atoms with Gasteiger partial charge in [-0.15, -0.1) is 12.4 Å². The molecule has 0 radical (unpaired) electrons. The van der Waals surface area contributed by atoms with Gasteiger partial charge in [0.1, 0.15) is 0 Å². The summed E-state index contributed by atoms with van der Waals surface area (Å²) in [6.07, 6.45) is 3.49. The minimum absolute atomic E-state index is 0. The first kappa shape index (κ1) is 19.1. The molecule has 0 fully saturated rings. The van der Waals surface area contributed by atoms with Crippen LogP contribution < -0.4 is 0 Å². The Morgan fingerprint density at radius 1 is 1.00 bits per heavy atom. The van der Waals surface area contributed by atoms with Crippen LogP contribution in [-0.2, 0) is 0 Å². The van der Waals surface area contributed by atoms with Crippen molar-refractivity contribution in [2.24, 2.45) is 0 Å². The lowest BCUT2D eigenvalue weighted by Crippen LogP contribution is -2.12. The summed E-state index contributed by atoms with van der Waals surface area (Å²) in [5.74, 6) is 0.561. The maximum absolute atomic E-state index is 2.42. The molecule has 0 unspecified atom stereocenters. The van der Waals surface area contributed by atoms with Gasteiger partial charge < -0.3 is 4.90 Å². The molecule has 1 nitrogen and oxygen atoms in total. The molecule has 0 amide bonds. The number of fused-ring (bicyclic) bond motifs is 2. The molecule has 0 spiro atoms. The fraction of sp³-hybridized carbons (Fsp3) is 0.333. The smallest absolute Gasteiger partial charge is 0.0201 e. The minimum atomic E-state index is 0. The van der Waals surface area contributed by atoms with Crippen LogP contribution in [0.2, 0.25) is 0 Å². The maximum atomic E-state index is 2.42. The van der Waals surface area contributed by atoms with Crippen LogP contribution in [0, 0.1) is 0 Å². The number of benzene rings is 2. The van der Waals surface area contributed by atoms with Gasteiger partial charge in [0.2, 0.25) is 0 Å². The van der Waals surface area contributed by atoms with Crippen molar-refractivity contribution in [1.29, 1.82) is 0 Å². The third-order valence-corrected chi connectivity index (χ3v) is 5.43. The van der Waals surface area contributed by atoms with E-state index in [4.69, 9.17) is 0 Å². The van der Waals surface area contributed by atoms with Crippen LogP contribution in [-0.4, -0.2) is 25.5 Å². The molecule has 3 heteroatoms. The molecule has 2 aromatic rings. The normalized spacial score (nSPS) is 14.5. The molecule has 0 N–H and O–H groups in total. The van der Waals surface area contributed by atoms with Crippen LogP contribution in [0.1, 0.15) is 42.9 Å². The molecule has 0 aliphatic carbocycles. The predicted molar refractivity (Wildman–Crippen MR) is 109 cm³/mol. The van der Waals surface area contributed by atoms with Crippen LogP contribution in [0.3, 0.4) is 0 Å². The molecule has 0 bridgehead atoms. The fourth-order valence-corrected chi connectivity index (χ4v) is 4.02. The number of hydrogen-bond donors (Lipinski definition) is 0. The highest BCUT2D eigenvalue weighted by Crippen LogP contribution is 2.46. The third-order valence-electron chi connectivity index (χ3n) is 4.28. The lowest BCUT2D eigenvalue weighted by Gasteiger charge is -2.23. The number of hydrogen-bond acceptors (Lipinski definition) is 2. The maximum Gasteiger partial charge on any atom is 0.0201 e. The van der Waals surface area contributed by atoms with Gasteiger partial charge in [-0.05, 0) is 66.9 Å². The van der Waals surface area contributed by atoms with Crippen LogP contribution in [0.25, 0.3) is 5.57 Å². The van der Waals surface area contributed by atoms with Gasteiger partial charge in [-0.25, -0.2) is 0 Å². The Morgan fingerprint density at radius 2 is 1.71 bits per heavy atom. The molecule has 1 aliphatic heterocycles. The third kappa shape index (κ3) is 4.05. The van der Waals surface area contributed by atoms with Crippen molar-refractivity contribution in [3.63, 3.8) is 0 Å². The SMILES string of the molecule is CC(C)c1ccc2c(c1)/C(=C/CCN(C)C)c1ccccc1S2.Cl. The topological polar surface area (TPSA) is 3.24 Å². The number of rotatable bonds is 4. The summed E-state index contributed by atoms with van der Waals surface area (Å²) in [4.78, 5) is 4.99. The average molecular weight is 360 g/mol. The minimum Gasteiger partial charge on any atom is -0.309 e. The predicted octanol–water partition coefficient (Wildman–Crippen LogP) is 6.08. The van der Waals surface area contributed by atoms with E-state index in [1.54, 1.807) is 0 Å². The van der Waals surface area contributed by atoms with Gasteiger partial charge in [0.05, 0.1) is 0 Å². The van der Waals surface area contributed by atoms with Gasteiger partial charge in [0, 0.05) is 16.3 Å². The van der Waals surface area contributed by atoms with Gasteiger partial charge in [-0.2, -0.15) is 0 Å². The molecule has 1 aliphatic rings. The first-order chi connectivity index (χ1) is 11.1. The molecular formula is C21H26ClNS. The van der Waals surface area contributed by atoms with Crippen molar-refractivity contribution in [2.75, 3.05) is 20.6 Å². The monoisotopic (exact) mass is 359 g/mol. The van der Waals surface area contributed by atoms with E-state index in [9.17, 15) is 0 Å². The van der Waals surface area contributed by atoms with Crippen LogP contribution >= 0.6 is 24.2 Å². The van der Waals surface area contributed by atoms with E-state index < -0.39 is 0 Å². The van der Waals surface area contributed by atoms with E-state index in [1.165, 1.54) is 32.1 Å².